The van der Waals surface area contributed by atoms with Crippen LogP contribution in [0.15, 0.2) is 47.5 Å². The van der Waals surface area contributed by atoms with E-state index < -0.39 is 18.0 Å². The van der Waals surface area contributed by atoms with Crippen molar-refractivity contribution in [3.63, 3.8) is 0 Å². The monoisotopic (exact) mass is 446 g/mol. The standard InChI is InChI=1S/C15H16BrN2O4.BrH/c1-17-7-8-18(10-17)9-13(19)22-14(15(20)21-2)11-3-5-12(16)6-4-11;/h3-8,10,14H,9H2,1-2H3;1H/q+1;/p-1. The molecular weight excluding hydrogens is 432 g/mol. The summed E-state index contributed by atoms with van der Waals surface area (Å²) in [5, 5.41) is 0. The van der Waals surface area contributed by atoms with Gasteiger partial charge >= 0.3 is 11.9 Å². The first-order valence-electron chi connectivity index (χ1n) is 6.53. The third-order valence-corrected chi connectivity index (χ3v) is 3.50. The van der Waals surface area contributed by atoms with Gasteiger partial charge in [0.25, 0.3) is 0 Å². The third kappa shape index (κ3) is 5.47. The van der Waals surface area contributed by atoms with Crippen molar-refractivity contribution in [2.24, 2.45) is 7.05 Å². The lowest BCUT2D eigenvalue weighted by molar-refractivity contribution is -0.685. The Bertz CT molecular complexity index is 670. The molecular formula is C15H16Br2N2O4. The molecule has 0 saturated heterocycles. The van der Waals surface area contributed by atoms with Crippen LogP contribution in [0.1, 0.15) is 11.7 Å². The predicted molar refractivity (Wildman–Crippen MR) is 80.6 cm³/mol. The van der Waals surface area contributed by atoms with Crippen molar-refractivity contribution in [1.82, 2.24) is 4.57 Å². The van der Waals surface area contributed by atoms with E-state index in [1.807, 2.05) is 7.05 Å². The van der Waals surface area contributed by atoms with E-state index in [0.717, 1.165) is 4.47 Å². The van der Waals surface area contributed by atoms with Crippen molar-refractivity contribution in [3.8, 4) is 0 Å². The number of imidazole rings is 1. The number of aromatic nitrogens is 2. The Morgan fingerprint density at radius 2 is 1.96 bits per heavy atom. The highest BCUT2D eigenvalue weighted by Gasteiger charge is 2.26. The highest BCUT2D eigenvalue weighted by molar-refractivity contribution is 9.10. The van der Waals surface area contributed by atoms with Crippen molar-refractivity contribution in [1.29, 1.82) is 0 Å². The number of benzene rings is 1. The molecule has 0 aliphatic heterocycles. The van der Waals surface area contributed by atoms with Crippen molar-refractivity contribution >= 4 is 27.9 Å². The predicted octanol–water partition coefficient (Wildman–Crippen LogP) is -1.46. The lowest BCUT2D eigenvalue weighted by Gasteiger charge is -2.15. The maximum Gasteiger partial charge on any atom is 0.351 e. The molecule has 8 heteroatoms. The smallest absolute Gasteiger partial charge is 0.351 e. The summed E-state index contributed by atoms with van der Waals surface area (Å²) in [7, 11) is 3.11. The summed E-state index contributed by atoms with van der Waals surface area (Å²) in [6, 6.07) is 6.94. The third-order valence-electron chi connectivity index (χ3n) is 2.97. The zero-order valence-electron chi connectivity index (χ0n) is 12.6. The lowest BCUT2D eigenvalue weighted by Crippen LogP contribution is -3.00. The van der Waals surface area contributed by atoms with E-state index in [2.05, 4.69) is 15.9 Å². The fraction of sp³-hybridized carbons (Fsp3) is 0.267. The van der Waals surface area contributed by atoms with Crippen LogP contribution < -0.4 is 21.5 Å². The number of rotatable bonds is 5. The first-order chi connectivity index (χ1) is 10.5. The molecule has 2 aromatic rings. The zero-order valence-corrected chi connectivity index (χ0v) is 15.8. The second kappa shape index (κ2) is 8.83. The second-order valence-corrected chi connectivity index (χ2v) is 5.61. The normalized spacial score (nSPS) is 11.3. The Morgan fingerprint density at radius 1 is 1.30 bits per heavy atom. The van der Waals surface area contributed by atoms with Crippen LogP contribution in [0.4, 0.5) is 0 Å². The number of methoxy groups -OCH3 is 1. The van der Waals surface area contributed by atoms with Gasteiger partial charge in [-0.2, -0.15) is 0 Å². The van der Waals surface area contributed by atoms with Gasteiger partial charge in [0.15, 0.2) is 6.54 Å². The van der Waals surface area contributed by atoms with Crippen molar-refractivity contribution in [2.75, 3.05) is 7.11 Å². The molecule has 124 valence electrons. The lowest BCUT2D eigenvalue weighted by atomic mass is 10.1. The molecule has 0 bridgehead atoms. The SMILES string of the molecule is COC(=O)C(OC(=O)C[n+]1ccn(C)c1)c1ccc(Br)cc1.[Br-]. The average molecular weight is 448 g/mol. The molecule has 0 amide bonds. The van der Waals surface area contributed by atoms with E-state index in [1.54, 1.807) is 52.1 Å². The van der Waals surface area contributed by atoms with Gasteiger partial charge in [-0.25, -0.2) is 18.7 Å². The molecule has 0 N–H and O–H groups in total. The minimum atomic E-state index is -1.07. The van der Waals surface area contributed by atoms with Gasteiger partial charge < -0.3 is 26.5 Å². The van der Waals surface area contributed by atoms with E-state index in [9.17, 15) is 9.59 Å². The summed E-state index contributed by atoms with van der Waals surface area (Å²) in [5.41, 5.74) is 0.557. The van der Waals surface area contributed by atoms with Crippen molar-refractivity contribution in [2.45, 2.75) is 12.6 Å². The van der Waals surface area contributed by atoms with Crippen molar-refractivity contribution < 1.29 is 40.6 Å². The Labute approximate surface area is 152 Å². The number of carbonyl (C=O) groups excluding carboxylic acids is 2. The van der Waals surface area contributed by atoms with Crippen LogP contribution in [-0.4, -0.2) is 23.6 Å². The highest BCUT2D eigenvalue weighted by atomic mass is 79.9. The zero-order chi connectivity index (χ0) is 16.1. The van der Waals surface area contributed by atoms with Crippen LogP contribution in [0, 0.1) is 0 Å². The molecule has 6 nitrogen and oxygen atoms in total. The summed E-state index contributed by atoms with van der Waals surface area (Å²) >= 11 is 3.32. The van der Waals surface area contributed by atoms with Crippen LogP contribution in [0.3, 0.4) is 0 Å². The van der Waals surface area contributed by atoms with Gasteiger partial charge in [0.1, 0.15) is 12.4 Å². The van der Waals surface area contributed by atoms with Gasteiger partial charge in [-0.3, -0.25) is 0 Å². The number of nitrogens with zero attached hydrogens (tertiary/aromatic N) is 2. The maximum atomic E-state index is 12.0. The Balaban J connectivity index is 0.00000264. The summed E-state index contributed by atoms with van der Waals surface area (Å²) < 4.78 is 14.3. The fourth-order valence-corrected chi connectivity index (χ4v) is 2.17. The van der Waals surface area contributed by atoms with Crippen LogP contribution in [-0.2, 0) is 32.7 Å². The molecule has 0 radical (unpaired) electrons. The molecule has 1 heterocycles. The summed E-state index contributed by atoms with van der Waals surface area (Å²) in [4.78, 5) is 23.9. The first-order valence-corrected chi connectivity index (χ1v) is 7.32. The minimum Gasteiger partial charge on any atom is -1.00 e. The first kappa shape index (κ1) is 19.4. The van der Waals surface area contributed by atoms with E-state index in [4.69, 9.17) is 9.47 Å². The molecule has 1 aromatic carbocycles. The van der Waals surface area contributed by atoms with Gasteiger partial charge in [-0.15, -0.1) is 0 Å². The second-order valence-electron chi connectivity index (χ2n) is 4.70. The van der Waals surface area contributed by atoms with E-state index in [1.165, 1.54) is 7.11 Å². The van der Waals surface area contributed by atoms with E-state index in [0.29, 0.717) is 5.56 Å². The van der Waals surface area contributed by atoms with Crippen LogP contribution in [0.5, 0.6) is 0 Å². The number of hydrogen-bond donors (Lipinski definition) is 0. The Kier molecular flexibility index (Phi) is 7.44. The van der Waals surface area contributed by atoms with Gasteiger partial charge in [0.2, 0.25) is 12.4 Å². The van der Waals surface area contributed by atoms with Gasteiger partial charge in [0.05, 0.1) is 14.2 Å². The molecule has 0 aliphatic carbocycles. The topological polar surface area (TPSA) is 61.4 Å². The molecule has 1 aromatic heterocycles. The number of esters is 2. The molecule has 2 rings (SSSR count). The molecule has 0 aliphatic rings. The maximum absolute atomic E-state index is 12.0. The van der Waals surface area contributed by atoms with Crippen LogP contribution in [0.25, 0.3) is 0 Å². The molecule has 0 spiro atoms. The minimum absolute atomic E-state index is 0. The summed E-state index contributed by atoms with van der Waals surface area (Å²) in [5.74, 6) is -1.14. The summed E-state index contributed by atoms with van der Waals surface area (Å²) in [6.45, 7) is 0.0187. The molecule has 0 saturated carbocycles. The largest absolute Gasteiger partial charge is 1.00 e. The molecule has 1 atom stereocenters. The van der Waals surface area contributed by atoms with Crippen LogP contribution in [0.2, 0.25) is 0 Å². The van der Waals surface area contributed by atoms with Gasteiger partial charge in [0, 0.05) is 10.0 Å². The number of halogens is 2. The molecule has 1 unspecified atom stereocenters. The van der Waals surface area contributed by atoms with Crippen molar-refractivity contribution in [3.05, 3.63) is 53.0 Å². The number of aryl methyl sites for hydroxylation is 1. The quantitative estimate of drug-likeness (QED) is 0.415. The number of hydrogen-bond acceptors (Lipinski definition) is 4. The number of carbonyl (C=O) groups is 2. The molecule has 23 heavy (non-hydrogen) atoms. The van der Waals surface area contributed by atoms with Gasteiger partial charge in [-0.1, -0.05) is 28.1 Å². The number of ether oxygens (including phenoxy) is 2. The van der Waals surface area contributed by atoms with Gasteiger partial charge in [-0.05, 0) is 12.1 Å². The van der Waals surface area contributed by atoms with E-state index >= 15 is 0 Å². The van der Waals surface area contributed by atoms with E-state index in [-0.39, 0.29) is 23.5 Å². The highest BCUT2D eigenvalue weighted by Crippen LogP contribution is 2.21. The Morgan fingerprint density at radius 3 is 2.48 bits per heavy atom. The average Bonchev–Trinajstić information content (AvgIpc) is 2.90. The van der Waals surface area contributed by atoms with Crippen LogP contribution >= 0.6 is 15.9 Å². The Hall–Kier alpha value is -1.67. The molecule has 0 fully saturated rings. The summed E-state index contributed by atoms with van der Waals surface area (Å²) in [6.07, 6.45) is 4.22. The fourth-order valence-electron chi connectivity index (χ4n) is 1.91.